The molecule has 0 bridgehead atoms. The number of hydrogen-bond acceptors (Lipinski definition) is 3. The van der Waals surface area contributed by atoms with Gasteiger partial charge in [0.15, 0.2) is 0 Å². The van der Waals surface area contributed by atoms with Crippen molar-refractivity contribution in [3.63, 3.8) is 0 Å². The Morgan fingerprint density at radius 1 is 1.69 bits per heavy atom. The second kappa shape index (κ2) is 4.62. The second-order valence-corrected chi connectivity index (χ2v) is 2.76. The van der Waals surface area contributed by atoms with Crippen molar-refractivity contribution in [1.29, 1.82) is 0 Å². The topological polar surface area (TPSA) is 48.1 Å². The zero-order valence-corrected chi connectivity index (χ0v) is 7.73. The molecule has 0 aliphatic carbocycles. The van der Waals surface area contributed by atoms with Gasteiger partial charge in [-0.05, 0) is 12.0 Å². The van der Waals surface area contributed by atoms with Crippen LogP contribution in [0.5, 0.6) is 5.88 Å². The number of pyridine rings is 1. The van der Waals surface area contributed by atoms with E-state index in [4.69, 9.17) is 10.5 Å². The van der Waals surface area contributed by atoms with E-state index < -0.39 is 0 Å². The van der Waals surface area contributed by atoms with Crippen molar-refractivity contribution in [3.05, 3.63) is 36.5 Å². The highest BCUT2D eigenvalue weighted by Crippen LogP contribution is 2.15. The van der Waals surface area contributed by atoms with Gasteiger partial charge in [-0.25, -0.2) is 4.98 Å². The first-order valence-corrected chi connectivity index (χ1v) is 4.14. The third kappa shape index (κ3) is 2.56. The van der Waals surface area contributed by atoms with Crippen molar-refractivity contribution >= 4 is 0 Å². The zero-order valence-electron chi connectivity index (χ0n) is 7.73. The average molecular weight is 178 g/mol. The van der Waals surface area contributed by atoms with Crippen LogP contribution in [0.1, 0.15) is 18.0 Å². The third-order valence-electron chi connectivity index (χ3n) is 1.82. The number of methoxy groups -OCH3 is 1. The summed E-state index contributed by atoms with van der Waals surface area (Å²) < 4.78 is 4.94. The van der Waals surface area contributed by atoms with Crippen LogP contribution >= 0.6 is 0 Å². The molecule has 3 heteroatoms. The number of aromatic nitrogens is 1. The van der Waals surface area contributed by atoms with E-state index in [9.17, 15) is 0 Å². The quantitative estimate of drug-likeness (QED) is 0.713. The summed E-state index contributed by atoms with van der Waals surface area (Å²) in [7, 11) is 1.59. The molecule has 1 aromatic heterocycles. The Kier molecular flexibility index (Phi) is 3.46. The molecule has 1 atom stereocenters. The molecule has 0 saturated carbocycles. The smallest absolute Gasteiger partial charge is 0.212 e. The summed E-state index contributed by atoms with van der Waals surface area (Å²) in [4.78, 5) is 4.06. The predicted octanol–water partition coefficient (Wildman–Crippen LogP) is 1.67. The first-order chi connectivity index (χ1) is 6.27. The molecule has 0 amide bonds. The lowest BCUT2D eigenvalue weighted by molar-refractivity contribution is 0.397. The minimum Gasteiger partial charge on any atom is -0.481 e. The molecule has 0 aliphatic rings. The van der Waals surface area contributed by atoms with Gasteiger partial charge in [-0.1, -0.05) is 12.1 Å². The lowest BCUT2D eigenvalue weighted by Gasteiger charge is -2.08. The van der Waals surface area contributed by atoms with E-state index in [1.54, 1.807) is 25.4 Å². The lowest BCUT2D eigenvalue weighted by Crippen LogP contribution is -2.09. The average Bonchev–Trinajstić information content (AvgIpc) is 2.18. The monoisotopic (exact) mass is 178 g/mol. The fraction of sp³-hybridized carbons (Fsp3) is 0.300. The highest BCUT2D eigenvalue weighted by atomic mass is 16.5. The molecule has 1 rings (SSSR count). The van der Waals surface area contributed by atoms with E-state index in [2.05, 4.69) is 11.6 Å². The van der Waals surface area contributed by atoms with Gasteiger partial charge >= 0.3 is 0 Å². The summed E-state index contributed by atoms with van der Waals surface area (Å²) in [5, 5.41) is 0. The van der Waals surface area contributed by atoms with Crippen molar-refractivity contribution in [2.75, 3.05) is 7.11 Å². The Hall–Kier alpha value is -1.35. The molecule has 0 radical (unpaired) electrons. The van der Waals surface area contributed by atoms with E-state index in [-0.39, 0.29) is 6.04 Å². The van der Waals surface area contributed by atoms with Gasteiger partial charge in [-0.15, -0.1) is 6.58 Å². The van der Waals surface area contributed by atoms with Gasteiger partial charge in [0.05, 0.1) is 7.11 Å². The largest absolute Gasteiger partial charge is 0.481 e. The van der Waals surface area contributed by atoms with Crippen LogP contribution in [0.3, 0.4) is 0 Å². The van der Waals surface area contributed by atoms with Crippen molar-refractivity contribution in [2.45, 2.75) is 12.5 Å². The van der Waals surface area contributed by atoms with Crippen LogP contribution in [-0.2, 0) is 0 Å². The molecule has 2 N–H and O–H groups in total. The molecular weight excluding hydrogens is 164 g/mol. The van der Waals surface area contributed by atoms with Crippen LogP contribution in [0.4, 0.5) is 0 Å². The maximum absolute atomic E-state index is 5.84. The molecule has 0 unspecified atom stereocenters. The summed E-state index contributed by atoms with van der Waals surface area (Å²) in [6.45, 7) is 3.63. The van der Waals surface area contributed by atoms with Crippen LogP contribution in [0.2, 0.25) is 0 Å². The van der Waals surface area contributed by atoms with Crippen molar-refractivity contribution < 1.29 is 4.74 Å². The van der Waals surface area contributed by atoms with Crippen molar-refractivity contribution in [1.82, 2.24) is 4.98 Å². The molecule has 70 valence electrons. The van der Waals surface area contributed by atoms with Crippen LogP contribution in [0.15, 0.2) is 31.0 Å². The van der Waals surface area contributed by atoms with E-state index in [1.807, 2.05) is 6.07 Å². The molecule has 1 heterocycles. The fourth-order valence-corrected chi connectivity index (χ4v) is 1.05. The van der Waals surface area contributed by atoms with Gasteiger partial charge in [0, 0.05) is 18.3 Å². The Bertz CT molecular complexity index is 269. The summed E-state index contributed by atoms with van der Waals surface area (Å²) in [6.07, 6.45) is 4.29. The molecule has 0 aliphatic heterocycles. The molecule has 13 heavy (non-hydrogen) atoms. The Balaban J connectivity index is 2.73. The van der Waals surface area contributed by atoms with Crippen molar-refractivity contribution in [2.24, 2.45) is 5.73 Å². The molecule has 3 nitrogen and oxygen atoms in total. The number of hydrogen-bond donors (Lipinski definition) is 1. The van der Waals surface area contributed by atoms with Gasteiger partial charge in [0.25, 0.3) is 0 Å². The summed E-state index contributed by atoms with van der Waals surface area (Å²) in [6, 6.07) is 3.70. The lowest BCUT2D eigenvalue weighted by atomic mass is 10.1. The van der Waals surface area contributed by atoms with Crippen LogP contribution in [0, 0.1) is 0 Å². The van der Waals surface area contributed by atoms with E-state index in [1.165, 1.54) is 0 Å². The van der Waals surface area contributed by atoms with Crippen LogP contribution < -0.4 is 10.5 Å². The second-order valence-electron chi connectivity index (χ2n) is 2.76. The fourth-order valence-electron chi connectivity index (χ4n) is 1.05. The van der Waals surface area contributed by atoms with E-state index in [0.29, 0.717) is 5.88 Å². The standard InChI is InChI=1S/C10H14N2O/c1-3-4-9(11)8-5-6-10(13-2)12-7-8/h3,5-7,9H,1,4,11H2,2H3/t9-/m0/s1. The van der Waals surface area contributed by atoms with Gasteiger partial charge in [0.1, 0.15) is 0 Å². The number of nitrogens with two attached hydrogens (primary N) is 1. The van der Waals surface area contributed by atoms with E-state index >= 15 is 0 Å². The summed E-state index contributed by atoms with van der Waals surface area (Å²) in [5.41, 5.74) is 6.85. The maximum atomic E-state index is 5.84. The molecule has 0 saturated heterocycles. The first-order valence-electron chi connectivity index (χ1n) is 4.14. The van der Waals surface area contributed by atoms with Crippen LogP contribution in [-0.4, -0.2) is 12.1 Å². The Labute approximate surface area is 78.2 Å². The highest BCUT2D eigenvalue weighted by molar-refractivity contribution is 5.20. The Morgan fingerprint density at radius 2 is 2.46 bits per heavy atom. The molecule has 0 fully saturated rings. The summed E-state index contributed by atoms with van der Waals surface area (Å²) in [5.74, 6) is 0.606. The number of ether oxygens (including phenoxy) is 1. The predicted molar refractivity (Wildman–Crippen MR) is 52.5 cm³/mol. The van der Waals surface area contributed by atoms with Gasteiger partial charge < -0.3 is 10.5 Å². The molecule has 1 aromatic rings. The molecule has 0 aromatic carbocycles. The van der Waals surface area contributed by atoms with Crippen LogP contribution in [0.25, 0.3) is 0 Å². The number of rotatable bonds is 4. The molecule has 0 spiro atoms. The minimum absolute atomic E-state index is 0.0177. The highest BCUT2D eigenvalue weighted by Gasteiger charge is 2.03. The normalized spacial score (nSPS) is 12.2. The number of nitrogens with zero attached hydrogens (tertiary/aromatic N) is 1. The Morgan fingerprint density at radius 3 is 2.92 bits per heavy atom. The van der Waals surface area contributed by atoms with E-state index in [0.717, 1.165) is 12.0 Å². The first kappa shape index (κ1) is 9.74. The van der Waals surface area contributed by atoms with Gasteiger partial charge in [-0.2, -0.15) is 0 Å². The third-order valence-corrected chi connectivity index (χ3v) is 1.82. The van der Waals surface area contributed by atoms with Gasteiger partial charge in [-0.3, -0.25) is 0 Å². The molecular formula is C10H14N2O. The zero-order chi connectivity index (χ0) is 9.68. The summed E-state index contributed by atoms with van der Waals surface area (Å²) >= 11 is 0. The van der Waals surface area contributed by atoms with Gasteiger partial charge in [0.2, 0.25) is 5.88 Å². The minimum atomic E-state index is -0.0177. The maximum Gasteiger partial charge on any atom is 0.212 e. The SMILES string of the molecule is C=CC[C@H](N)c1ccc(OC)nc1. The van der Waals surface area contributed by atoms with Crippen molar-refractivity contribution in [3.8, 4) is 5.88 Å².